The predicted molar refractivity (Wildman–Crippen MR) is 90.0 cm³/mol. The van der Waals surface area contributed by atoms with Crippen LogP contribution in [0.15, 0.2) is 42.5 Å². The predicted octanol–water partition coefficient (Wildman–Crippen LogP) is 4.90. The summed E-state index contributed by atoms with van der Waals surface area (Å²) in [5.74, 6) is 0.175. The molecule has 2 aromatic carbocycles. The van der Waals surface area contributed by atoms with Crippen LogP contribution in [0.2, 0.25) is 15.1 Å². The lowest BCUT2D eigenvalue weighted by Crippen LogP contribution is -2.31. The first-order chi connectivity index (χ1) is 10.5. The minimum atomic E-state index is -0.242. The third-order valence-electron chi connectivity index (χ3n) is 3.00. The van der Waals surface area contributed by atoms with E-state index in [0.717, 1.165) is 5.56 Å². The summed E-state index contributed by atoms with van der Waals surface area (Å²) in [6.45, 7) is 1.76. The van der Waals surface area contributed by atoms with Crippen molar-refractivity contribution < 1.29 is 9.53 Å². The Hall–Kier alpha value is -1.42. The van der Waals surface area contributed by atoms with E-state index in [2.05, 4.69) is 5.32 Å². The van der Waals surface area contributed by atoms with Crippen LogP contribution in [0, 0.1) is 0 Å². The van der Waals surface area contributed by atoms with E-state index in [1.165, 1.54) is 0 Å². The average Bonchev–Trinajstić information content (AvgIpc) is 2.47. The second kappa shape index (κ2) is 7.73. The molecule has 0 radical (unpaired) electrons. The summed E-state index contributed by atoms with van der Waals surface area (Å²) in [6.07, 6.45) is 0. The van der Waals surface area contributed by atoms with Crippen molar-refractivity contribution in [3.63, 3.8) is 0 Å². The summed E-state index contributed by atoms with van der Waals surface area (Å²) in [4.78, 5) is 11.9. The van der Waals surface area contributed by atoms with Gasteiger partial charge in [0.05, 0.1) is 11.1 Å². The van der Waals surface area contributed by atoms with E-state index in [1.54, 1.807) is 30.3 Å². The highest BCUT2D eigenvalue weighted by Gasteiger charge is 2.11. The van der Waals surface area contributed by atoms with Crippen LogP contribution >= 0.6 is 34.8 Å². The summed E-state index contributed by atoms with van der Waals surface area (Å²) in [6, 6.07) is 12.0. The molecule has 3 nitrogen and oxygen atoms in total. The maximum Gasteiger partial charge on any atom is 0.258 e. The zero-order valence-electron chi connectivity index (χ0n) is 11.8. The van der Waals surface area contributed by atoms with Gasteiger partial charge < -0.3 is 10.1 Å². The number of rotatable bonds is 5. The van der Waals surface area contributed by atoms with E-state index in [-0.39, 0.29) is 18.6 Å². The average molecular weight is 359 g/mol. The Balaban J connectivity index is 1.88. The van der Waals surface area contributed by atoms with Crippen molar-refractivity contribution in [1.29, 1.82) is 0 Å². The Morgan fingerprint density at radius 2 is 1.73 bits per heavy atom. The SMILES string of the molecule is C[C@H](NC(=O)COc1ccc(Cl)cc1Cl)c1ccc(Cl)cc1. The van der Waals surface area contributed by atoms with Crippen molar-refractivity contribution >= 4 is 40.7 Å². The van der Waals surface area contributed by atoms with E-state index in [9.17, 15) is 4.79 Å². The van der Waals surface area contributed by atoms with Gasteiger partial charge in [-0.3, -0.25) is 4.79 Å². The Morgan fingerprint density at radius 3 is 2.36 bits per heavy atom. The number of ether oxygens (including phenoxy) is 1. The maximum atomic E-state index is 11.9. The largest absolute Gasteiger partial charge is 0.482 e. The molecule has 0 aliphatic carbocycles. The van der Waals surface area contributed by atoms with Crippen LogP contribution in [-0.2, 0) is 4.79 Å². The van der Waals surface area contributed by atoms with Crippen molar-refractivity contribution in [3.8, 4) is 5.75 Å². The fourth-order valence-electron chi connectivity index (χ4n) is 1.85. The lowest BCUT2D eigenvalue weighted by Gasteiger charge is -2.15. The normalized spacial score (nSPS) is 11.8. The quantitative estimate of drug-likeness (QED) is 0.825. The lowest BCUT2D eigenvalue weighted by molar-refractivity contribution is -0.123. The molecule has 6 heteroatoms. The molecule has 0 aromatic heterocycles. The van der Waals surface area contributed by atoms with E-state index in [4.69, 9.17) is 39.5 Å². The zero-order chi connectivity index (χ0) is 16.1. The van der Waals surface area contributed by atoms with E-state index >= 15 is 0 Å². The number of hydrogen-bond donors (Lipinski definition) is 1. The molecule has 0 aliphatic rings. The van der Waals surface area contributed by atoms with Crippen LogP contribution in [0.5, 0.6) is 5.75 Å². The number of benzene rings is 2. The molecule has 0 bridgehead atoms. The number of hydrogen-bond acceptors (Lipinski definition) is 2. The van der Waals surface area contributed by atoms with Crippen molar-refractivity contribution in [2.75, 3.05) is 6.61 Å². The van der Waals surface area contributed by atoms with E-state index < -0.39 is 0 Å². The highest BCUT2D eigenvalue weighted by Crippen LogP contribution is 2.27. The molecule has 0 spiro atoms. The minimum absolute atomic E-state index is 0.126. The first-order valence-electron chi connectivity index (χ1n) is 6.58. The van der Waals surface area contributed by atoms with E-state index in [1.807, 2.05) is 19.1 Å². The van der Waals surface area contributed by atoms with Gasteiger partial charge in [0, 0.05) is 10.0 Å². The summed E-state index contributed by atoms with van der Waals surface area (Å²) >= 11 is 17.6. The number of carbonyl (C=O) groups is 1. The van der Waals surface area contributed by atoms with Crippen LogP contribution in [0.1, 0.15) is 18.5 Å². The van der Waals surface area contributed by atoms with Crippen molar-refractivity contribution in [2.24, 2.45) is 0 Å². The third-order valence-corrected chi connectivity index (χ3v) is 3.78. The minimum Gasteiger partial charge on any atom is -0.482 e. The first-order valence-corrected chi connectivity index (χ1v) is 7.72. The second-order valence-electron chi connectivity index (χ2n) is 4.70. The molecule has 0 saturated carbocycles. The fraction of sp³-hybridized carbons (Fsp3) is 0.188. The fourth-order valence-corrected chi connectivity index (χ4v) is 2.44. The Bertz CT molecular complexity index is 659. The van der Waals surface area contributed by atoms with Crippen LogP contribution in [0.25, 0.3) is 0 Å². The van der Waals surface area contributed by atoms with Gasteiger partial charge in [0.2, 0.25) is 0 Å². The molecule has 1 N–H and O–H groups in total. The molecule has 0 saturated heterocycles. The van der Waals surface area contributed by atoms with Crippen molar-refractivity contribution in [2.45, 2.75) is 13.0 Å². The van der Waals surface area contributed by atoms with Gasteiger partial charge in [-0.2, -0.15) is 0 Å². The highest BCUT2D eigenvalue weighted by atomic mass is 35.5. The van der Waals surface area contributed by atoms with Crippen molar-refractivity contribution in [1.82, 2.24) is 5.32 Å². The summed E-state index contributed by atoms with van der Waals surface area (Å²) in [7, 11) is 0. The number of amides is 1. The molecule has 2 rings (SSSR count). The van der Waals surface area contributed by atoms with Gasteiger partial charge in [-0.15, -0.1) is 0 Å². The summed E-state index contributed by atoms with van der Waals surface area (Å²) in [5, 5.41) is 4.38. The monoisotopic (exact) mass is 357 g/mol. The van der Waals surface area contributed by atoms with Gasteiger partial charge >= 0.3 is 0 Å². The van der Waals surface area contributed by atoms with Gasteiger partial charge in [0.1, 0.15) is 5.75 Å². The lowest BCUT2D eigenvalue weighted by atomic mass is 10.1. The summed E-state index contributed by atoms with van der Waals surface area (Å²) < 4.78 is 5.39. The molecule has 0 aliphatic heterocycles. The second-order valence-corrected chi connectivity index (χ2v) is 5.98. The smallest absolute Gasteiger partial charge is 0.258 e. The molecule has 2 aromatic rings. The first kappa shape index (κ1) is 16.9. The van der Waals surface area contributed by atoms with Crippen molar-refractivity contribution in [3.05, 3.63) is 63.1 Å². The standard InChI is InChI=1S/C16H14Cl3NO2/c1-10(11-2-4-12(17)5-3-11)20-16(21)9-22-15-7-6-13(18)8-14(15)19/h2-8,10H,9H2,1H3,(H,20,21)/t10-/m0/s1. The van der Waals surface area contributed by atoms with Crippen LogP contribution in [0.3, 0.4) is 0 Å². The van der Waals surface area contributed by atoms with Crippen LogP contribution in [-0.4, -0.2) is 12.5 Å². The van der Waals surface area contributed by atoms with Crippen LogP contribution in [0.4, 0.5) is 0 Å². The summed E-state index contributed by atoms with van der Waals surface area (Å²) in [5.41, 5.74) is 0.960. The van der Waals surface area contributed by atoms with Gasteiger partial charge in [-0.1, -0.05) is 46.9 Å². The van der Waals surface area contributed by atoms with E-state index in [0.29, 0.717) is 20.8 Å². The molecule has 0 unspecified atom stereocenters. The molecule has 1 amide bonds. The number of nitrogens with one attached hydrogen (secondary N) is 1. The Kier molecular flexibility index (Phi) is 5.95. The Morgan fingerprint density at radius 1 is 1.09 bits per heavy atom. The molecule has 0 heterocycles. The zero-order valence-corrected chi connectivity index (χ0v) is 14.0. The van der Waals surface area contributed by atoms with Gasteiger partial charge in [0.15, 0.2) is 6.61 Å². The molecular weight excluding hydrogens is 345 g/mol. The topological polar surface area (TPSA) is 38.3 Å². The molecule has 1 atom stereocenters. The molecular formula is C16H14Cl3NO2. The highest BCUT2D eigenvalue weighted by molar-refractivity contribution is 6.35. The number of halogens is 3. The van der Waals surface area contributed by atoms with Gasteiger partial charge in [-0.05, 0) is 42.8 Å². The van der Waals surface area contributed by atoms with Gasteiger partial charge in [0.25, 0.3) is 5.91 Å². The molecule has 22 heavy (non-hydrogen) atoms. The Labute approximate surface area is 144 Å². The molecule has 0 fully saturated rings. The van der Waals surface area contributed by atoms with Gasteiger partial charge in [-0.25, -0.2) is 0 Å². The third kappa shape index (κ3) is 4.80. The van der Waals surface area contributed by atoms with Crippen LogP contribution < -0.4 is 10.1 Å². The number of carbonyl (C=O) groups excluding carboxylic acids is 1. The maximum absolute atomic E-state index is 11.9. The molecule has 116 valence electrons.